The molecule has 0 saturated heterocycles. The lowest BCUT2D eigenvalue weighted by Crippen LogP contribution is -2.46. The number of carbonyl (C=O) groups is 4. The molecule has 0 atom stereocenters. The van der Waals surface area contributed by atoms with Gasteiger partial charge in [-0.3, -0.25) is 14.4 Å². The second-order valence-corrected chi connectivity index (χ2v) is 9.45. The third-order valence-electron chi connectivity index (χ3n) is 4.92. The van der Waals surface area contributed by atoms with E-state index < -0.39 is 42.6 Å². The van der Waals surface area contributed by atoms with Gasteiger partial charge in [0.15, 0.2) is 0 Å². The number of hydrogen-bond acceptors (Lipinski definition) is 8. The highest BCUT2D eigenvalue weighted by molar-refractivity contribution is 6.00. The Balaban J connectivity index is 2.00. The first-order chi connectivity index (χ1) is 17.9. The second-order valence-electron chi connectivity index (χ2n) is 9.45. The Labute approximate surface area is 221 Å². The number of aliphatic carboxylic acids is 1. The maximum Gasteiger partial charge on any atom is 0.407 e. The number of anilines is 1. The van der Waals surface area contributed by atoms with Crippen molar-refractivity contribution in [1.29, 1.82) is 0 Å². The van der Waals surface area contributed by atoms with Gasteiger partial charge < -0.3 is 30.3 Å². The molecule has 2 aromatic carbocycles. The van der Waals surface area contributed by atoms with Crippen LogP contribution in [0.3, 0.4) is 0 Å². The van der Waals surface area contributed by atoms with Crippen LogP contribution in [0.2, 0.25) is 0 Å². The molecule has 2 rings (SSSR count). The van der Waals surface area contributed by atoms with Crippen LogP contribution < -0.4 is 15.5 Å². The monoisotopic (exact) mass is 526 g/mol. The van der Waals surface area contributed by atoms with Crippen molar-refractivity contribution in [3.05, 3.63) is 54.1 Å². The number of azo groups is 1. The average molecular weight is 527 g/mol. The van der Waals surface area contributed by atoms with Crippen molar-refractivity contribution in [3.63, 3.8) is 0 Å². The fraction of sp³-hybridized carbons (Fsp3) is 0.385. The zero-order valence-electron chi connectivity index (χ0n) is 22.2. The number of ether oxygens (including phenoxy) is 1. The van der Waals surface area contributed by atoms with E-state index >= 15 is 0 Å². The first-order valence-corrected chi connectivity index (χ1v) is 11.9. The van der Waals surface area contributed by atoms with Gasteiger partial charge in [-0.25, -0.2) is 4.79 Å². The van der Waals surface area contributed by atoms with E-state index in [1.54, 1.807) is 57.2 Å². The summed E-state index contributed by atoms with van der Waals surface area (Å²) in [5.41, 5.74) is 1.41. The highest BCUT2D eigenvalue weighted by atomic mass is 16.6. The van der Waals surface area contributed by atoms with Gasteiger partial charge in [0.1, 0.15) is 12.1 Å². The van der Waals surface area contributed by atoms with Gasteiger partial charge in [0.2, 0.25) is 5.91 Å². The highest BCUT2D eigenvalue weighted by Gasteiger charge is 2.20. The molecule has 0 spiro atoms. The Hall–Kier alpha value is -4.48. The number of hydrogen-bond donors (Lipinski definition) is 3. The van der Waals surface area contributed by atoms with E-state index in [2.05, 4.69) is 20.9 Å². The predicted molar refractivity (Wildman–Crippen MR) is 142 cm³/mol. The van der Waals surface area contributed by atoms with Gasteiger partial charge in [0.25, 0.3) is 5.91 Å². The molecule has 0 unspecified atom stereocenters. The second kappa shape index (κ2) is 13.7. The Morgan fingerprint density at radius 3 is 2.21 bits per heavy atom. The smallest absolute Gasteiger partial charge is 0.407 e. The Morgan fingerprint density at radius 1 is 0.947 bits per heavy atom. The van der Waals surface area contributed by atoms with Gasteiger partial charge in [0.05, 0.1) is 23.5 Å². The summed E-state index contributed by atoms with van der Waals surface area (Å²) < 4.78 is 5.12. The molecule has 0 heterocycles. The largest absolute Gasteiger partial charge is 0.480 e. The van der Waals surface area contributed by atoms with Crippen molar-refractivity contribution in [2.45, 2.75) is 26.4 Å². The molecule has 3 amide bonds. The van der Waals surface area contributed by atoms with Crippen molar-refractivity contribution >= 4 is 40.9 Å². The normalized spacial score (nSPS) is 11.1. The van der Waals surface area contributed by atoms with Crippen LogP contribution in [0.15, 0.2) is 58.8 Å². The van der Waals surface area contributed by atoms with E-state index in [9.17, 15) is 19.2 Å². The zero-order chi connectivity index (χ0) is 28.3. The minimum atomic E-state index is -1.23. The summed E-state index contributed by atoms with van der Waals surface area (Å²) in [7, 11) is 3.86. The lowest BCUT2D eigenvalue weighted by molar-refractivity contribution is -0.144. The lowest BCUT2D eigenvalue weighted by atomic mass is 10.1. The number of carboxylic acid groups (broad SMARTS) is 1. The molecule has 2 aromatic rings. The number of benzene rings is 2. The Morgan fingerprint density at radius 2 is 1.61 bits per heavy atom. The topological polar surface area (TPSA) is 153 Å². The number of carbonyl (C=O) groups excluding carboxylic acids is 3. The fourth-order valence-corrected chi connectivity index (χ4v) is 3.11. The maximum absolute atomic E-state index is 12.8. The van der Waals surface area contributed by atoms with Gasteiger partial charge in [-0.1, -0.05) is 12.1 Å². The van der Waals surface area contributed by atoms with Gasteiger partial charge in [-0.05, 0) is 57.2 Å². The van der Waals surface area contributed by atoms with Gasteiger partial charge in [-0.2, -0.15) is 5.11 Å². The van der Waals surface area contributed by atoms with Crippen LogP contribution in [0.5, 0.6) is 0 Å². The molecule has 0 fully saturated rings. The van der Waals surface area contributed by atoms with Crippen LogP contribution in [0.4, 0.5) is 21.9 Å². The first kappa shape index (κ1) is 29.7. The number of rotatable bonds is 11. The molecule has 12 heteroatoms. The summed E-state index contributed by atoms with van der Waals surface area (Å²) in [5, 5.41) is 22.5. The van der Waals surface area contributed by atoms with Crippen molar-refractivity contribution in [3.8, 4) is 0 Å². The summed E-state index contributed by atoms with van der Waals surface area (Å²) in [5.74, 6) is -2.43. The lowest BCUT2D eigenvalue weighted by Gasteiger charge is -2.23. The molecule has 0 aliphatic rings. The number of nitrogens with one attached hydrogen (secondary N) is 2. The van der Waals surface area contributed by atoms with Crippen LogP contribution >= 0.6 is 0 Å². The SMILES string of the molecule is CN(C)c1ccc(/N=N/c2ccccc2C(=O)NCC(=O)N(CCNC(=O)OC(C)(C)C)CC(=O)O)cc1. The van der Waals surface area contributed by atoms with E-state index in [1.807, 2.05) is 31.1 Å². The molecule has 0 saturated carbocycles. The summed E-state index contributed by atoms with van der Waals surface area (Å²) in [6.07, 6.45) is -0.687. The summed E-state index contributed by atoms with van der Waals surface area (Å²) >= 11 is 0. The predicted octanol–water partition coefficient (Wildman–Crippen LogP) is 3.34. The van der Waals surface area contributed by atoms with Gasteiger partial charge in [0, 0.05) is 32.9 Å². The summed E-state index contributed by atoms with van der Waals surface area (Å²) in [6.45, 7) is 3.96. The van der Waals surface area contributed by atoms with Crippen LogP contribution in [0.25, 0.3) is 0 Å². The standard InChI is InChI=1S/C26H34N6O6/c1-26(2,3)38-25(37)27-14-15-32(17-23(34)35)22(33)16-28-24(36)20-8-6-7-9-21(20)30-29-18-10-12-19(13-11-18)31(4)5/h6-13H,14-17H2,1-5H3,(H,27,37)(H,28,36)(H,34,35)/b30-29+. The molecule has 12 nitrogen and oxygen atoms in total. The summed E-state index contributed by atoms with van der Waals surface area (Å²) in [4.78, 5) is 51.4. The maximum atomic E-state index is 12.8. The number of alkyl carbamates (subject to hydrolysis) is 1. The van der Waals surface area contributed by atoms with Crippen LogP contribution in [-0.4, -0.2) is 79.8 Å². The van der Waals surface area contributed by atoms with Crippen LogP contribution in [-0.2, 0) is 14.3 Å². The highest BCUT2D eigenvalue weighted by Crippen LogP contribution is 2.24. The van der Waals surface area contributed by atoms with Crippen LogP contribution in [0.1, 0.15) is 31.1 Å². The quantitative estimate of drug-likeness (QED) is 0.380. The minimum absolute atomic E-state index is 0.0272. The van der Waals surface area contributed by atoms with E-state index in [0.717, 1.165) is 10.6 Å². The molecule has 0 aliphatic carbocycles. The molecule has 0 aliphatic heterocycles. The summed E-state index contributed by atoms with van der Waals surface area (Å²) in [6, 6.07) is 13.9. The zero-order valence-corrected chi connectivity index (χ0v) is 22.2. The van der Waals surface area contributed by atoms with Crippen LogP contribution in [0, 0.1) is 0 Å². The van der Waals surface area contributed by atoms with Crippen molar-refractivity contribution in [2.24, 2.45) is 10.2 Å². The molecule has 0 radical (unpaired) electrons. The van der Waals surface area contributed by atoms with E-state index in [0.29, 0.717) is 11.4 Å². The molecular formula is C26H34N6O6. The molecule has 204 valence electrons. The Bertz CT molecular complexity index is 1160. The minimum Gasteiger partial charge on any atom is -0.480 e. The fourth-order valence-electron chi connectivity index (χ4n) is 3.11. The van der Waals surface area contributed by atoms with Crippen molar-refractivity contribution in [1.82, 2.24) is 15.5 Å². The van der Waals surface area contributed by atoms with Crippen molar-refractivity contribution in [2.75, 3.05) is 45.2 Å². The molecule has 0 bridgehead atoms. The number of nitrogens with zero attached hydrogens (tertiary/aromatic N) is 4. The van der Waals surface area contributed by atoms with E-state index in [1.165, 1.54) is 0 Å². The number of carboxylic acids is 1. The third-order valence-corrected chi connectivity index (χ3v) is 4.92. The number of amides is 3. The van der Waals surface area contributed by atoms with E-state index in [-0.39, 0.29) is 18.7 Å². The molecule has 3 N–H and O–H groups in total. The Kier molecular flexibility index (Phi) is 10.7. The molecule has 0 aromatic heterocycles. The first-order valence-electron chi connectivity index (χ1n) is 11.9. The molecular weight excluding hydrogens is 492 g/mol. The molecule has 38 heavy (non-hydrogen) atoms. The van der Waals surface area contributed by atoms with Gasteiger partial charge >= 0.3 is 12.1 Å². The van der Waals surface area contributed by atoms with Gasteiger partial charge in [-0.15, -0.1) is 5.11 Å². The van der Waals surface area contributed by atoms with Crippen molar-refractivity contribution < 1.29 is 29.0 Å². The van der Waals surface area contributed by atoms with E-state index in [4.69, 9.17) is 9.84 Å². The third kappa shape index (κ3) is 10.2. The average Bonchev–Trinajstić information content (AvgIpc) is 2.84.